The average molecular weight is 338 g/mol. The Hall–Kier alpha value is -1.11. The minimum Gasteiger partial charge on any atom is -0.376 e. The predicted molar refractivity (Wildman–Crippen MR) is 90.7 cm³/mol. The Balaban J connectivity index is 1.32. The number of hydrogen-bond acceptors (Lipinski definition) is 4. The molecule has 0 radical (unpaired) electrons. The van der Waals surface area contributed by atoms with E-state index in [0.29, 0.717) is 13.2 Å². The van der Waals surface area contributed by atoms with Crippen LogP contribution in [-0.2, 0) is 16.0 Å². The second-order valence-corrected chi connectivity index (χ2v) is 7.28. The molecular formula is C17H26N2O3S. The summed E-state index contributed by atoms with van der Waals surface area (Å²) in [7, 11) is 0. The van der Waals surface area contributed by atoms with Crippen LogP contribution in [0, 0.1) is 0 Å². The SMILES string of the molecule is O=C(NCc1cccs1)N1CCC(OC[C@H]2CCCCO2)CC1. The Morgan fingerprint density at radius 3 is 2.91 bits per heavy atom. The maximum atomic E-state index is 12.2. The first-order chi connectivity index (χ1) is 11.3. The van der Waals surface area contributed by atoms with Gasteiger partial charge in [0.15, 0.2) is 0 Å². The van der Waals surface area contributed by atoms with Crippen LogP contribution in [-0.4, -0.2) is 49.4 Å². The monoisotopic (exact) mass is 338 g/mol. The number of piperidine rings is 1. The third-order valence-electron chi connectivity index (χ3n) is 4.51. The highest BCUT2D eigenvalue weighted by Crippen LogP contribution is 2.18. The number of hydrogen-bond donors (Lipinski definition) is 1. The number of rotatable bonds is 5. The number of carbonyl (C=O) groups excluding carboxylic acids is 1. The zero-order valence-electron chi connectivity index (χ0n) is 13.5. The molecule has 2 saturated heterocycles. The summed E-state index contributed by atoms with van der Waals surface area (Å²) >= 11 is 1.67. The Labute approximate surface area is 142 Å². The molecular weight excluding hydrogens is 312 g/mol. The molecule has 2 aliphatic rings. The molecule has 6 heteroatoms. The molecule has 2 amide bonds. The summed E-state index contributed by atoms with van der Waals surface area (Å²) in [5.41, 5.74) is 0. The van der Waals surface area contributed by atoms with Crippen molar-refractivity contribution in [1.29, 1.82) is 0 Å². The average Bonchev–Trinajstić information content (AvgIpc) is 3.13. The van der Waals surface area contributed by atoms with Crippen molar-refractivity contribution in [2.24, 2.45) is 0 Å². The van der Waals surface area contributed by atoms with Gasteiger partial charge in [-0.05, 0) is 43.6 Å². The smallest absolute Gasteiger partial charge is 0.317 e. The van der Waals surface area contributed by atoms with Gasteiger partial charge in [0, 0.05) is 24.6 Å². The van der Waals surface area contributed by atoms with Gasteiger partial charge in [-0.15, -0.1) is 11.3 Å². The van der Waals surface area contributed by atoms with Crippen molar-refractivity contribution in [1.82, 2.24) is 10.2 Å². The fourth-order valence-corrected chi connectivity index (χ4v) is 3.74. The van der Waals surface area contributed by atoms with Gasteiger partial charge in [0.25, 0.3) is 0 Å². The van der Waals surface area contributed by atoms with Crippen molar-refractivity contribution in [3.8, 4) is 0 Å². The normalized spacial score (nSPS) is 23.0. The van der Waals surface area contributed by atoms with Crippen molar-refractivity contribution < 1.29 is 14.3 Å². The maximum absolute atomic E-state index is 12.2. The summed E-state index contributed by atoms with van der Waals surface area (Å²) in [5, 5.41) is 5.02. The van der Waals surface area contributed by atoms with E-state index in [0.717, 1.165) is 39.0 Å². The second kappa shape index (κ2) is 8.66. The molecule has 5 nitrogen and oxygen atoms in total. The molecule has 2 fully saturated rings. The number of likely N-dealkylation sites (tertiary alicyclic amines) is 1. The highest BCUT2D eigenvalue weighted by Gasteiger charge is 2.24. The van der Waals surface area contributed by atoms with Gasteiger partial charge in [0.05, 0.1) is 25.4 Å². The summed E-state index contributed by atoms with van der Waals surface area (Å²) < 4.78 is 11.7. The Morgan fingerprint density at radius 2 is 2.22 bits per heavy atom. The molecule has 1 N–H and O–H groups in total. The van der Waals surface area contributed by atoms with Gasteiger partial charge >= 0.3 is 6.03 Å². The molecule has 2 aliphatic heterocycles. The molecule has 3 heterocycles. The molecule has 1 atom stereocenters. The lowest BCUT2D eigenvalue weighted by Gasteiger charge is -2.33. The summed E-state index contributed by atoms with van der Waals surface area (Å²) in [6.45, 7) is 3.73. The second-order valence-electron chi connectivity index (χ2n) is 6.25. The molecule has 0 aliphatic carbocycles. The van der Waals surface area contributed by atoms with Crippen LogP contribution in [0.3, 0.4) is 0 Å². The van der Waals surface area contributed by atoms with Crippen LogP contribution in [0.5, 0.6) is 0 Å². The molecule has 0 aromatic carbocycles. The van der Waals surface area contributed by atoms with Crippen molar-refractivity contribution >= 4 is 17.4 Å². The highest BCUT2D eigenvalue weighted by molar-refractivity contribution is 7.09. The van der Waals surface area contributed by atoms with E-state index in [4.69, 9.17) is 9.47 Å². The van der Waals surface area contributed by atoms with E-state index in [9.17, 15) is 4.79 Å². The standard InChI is InChI=1S/C17H26N2O3S/c20-17(18-12-16-5-3-11-23-16)19-8-6-14(7-9-19)22-13-15-4-1-2-10-21-15/h3,5,11,14-15H,1-2,4,6-10,12-13H2,(H,18,20)/t15-/m1/s1. The van der Waals surface area contributed by atoms with Gasteiger partial charge < -0.3 is 19.7 Å². The van der Waals surface area contributed by atoms with E-state index in [2.05, 4.69) is 5.32 Å². The molecule has 0 bridgehead atoms. The minimum absolute atomic E-state index is 0.0347. The number of carbonyl (C=O) groups is 1. The predicted octanol–water partition coefficient (Wildman–Crippen LogP) is 3.01. The molecule has 0 saturated carbocycles. The van der Waals surface area contributed by atoms with E-state index in [-0.39, 0.29) is 18.2 Å². The lowest BCUT2D eigenvalue weighted by atomic mass is 10.1. The van der Waals surface area contributed by atoms with Gasteiger partial charge in [-0.3, -0.25) is 0 Å². The van der Waals surface area contributed by atoms with Crippen LogP contribution in [0.1, 0.15) is 37.0 Å². The number of amides is 2. The van der Waals surface area contributed by atoms with Crippen molar-refractivity contribution in [2.45, 2.75) is 50.9 Å². The number of ether oxygens (including phenoxy) is 2. The van der Waals surface area contributed by atoms with Gasteiger partial charge in [-0.25, -0.2) is 4.79 Å². The first kappa shape index (κ1) is 16.7. The van der Waals surface area contributed by atoms with Gasteiger partial charge in [-0.2, -0.15) is 0 Å². The molecule has 0 unspecified atom stereocenters. The van der Waals surface area contributed by atoms with Crippen LogP contribution in [0.25, 0.3) is 0 Å². The van der Waals surface area contributed by atoms with Gasteiger partial charge in [0.2, 0.25) is 0 Å². The molecule has 128 valence electrons. The van der Waals surface area contributed by atoms with Crippen LogP contribution >= 0.6 is 11.3 Å². The van der Waals surface area contributed by atoms with E-state index < -0.39 is 0 Å². The third-order valence-corrected chi connectivity index (χ3v) is 5.39. The number of nitrogens with zero attached hydrogens (tertiary/aromatic N) is 1. The lowest BCUT2D eigenvalue weighted by Crippen LogP contribution is -2.46. The highest BCUT2D eigenvalue weighted by atomic mass is 32.1. The zero-order chi connectivity index (χ0) is 15.9. The van der Waals surface area contributed by atoms with E-state index in [1.807, 2.05) is 22.4 Å². The van der Waals surface area contributed by atoms with Crippen molar-refractivity contribution in [2.75, 3.05) is 26.3 Å². The van der Waals surface area contributed by atoms with Crippen molar-refractivity contribution in [3.63, 3.8) is 0 Å². The first-order valence-corrected chi connectivity index (χ1v) is 9.47. The van der Waals surface area contributed by atoms with Gasteiger partial charge in [-0.1, -0.05) is 6.07 Å². The Kier molecular flexibility index (Phi) is 6.30. The molecule has 23 heavy (non-hydrogen) atoms. The fraction of sp³-hybridized carbons (Fsp3) is 0.706. The van der Waals surface area contributed by atoms with Crippen LogP contribution in [0.4, 0.5) is 4.79 Å². The molecule has 0 spiro atoms. The van der Waals surface area contributed by atoms with E-state index in [1.165, 1.54) is 17.7 Å². The van der Waals surface area contributed by atoms with Gasteiger partial charge in [0.1, 0.15) is 0 Å². The molecule has 1 aromatic heterocycles. The fourth-order valence-electron chi connectivity index (χ4n) is 3.10. The minimum atomic E-state index is 0.0347. The van der Waals surface area contributed by atoms with E-state index in [1.54, 1.807) is 11.3 Å². The van der Waals surface area contributed by atoms with Crippen LogP contribution in [0.15, 0.2) is 17.5 Å². The zero-order valence-corrected chi connectivity index (χ0v) is 14.4. The van der Waals surface area contributed by atoms with E-state index >= 15 is 0 Å². The van der Waals surface area contributed by atoms with Crippen LogP contribution in [0.2, 0.25) is 0 Å². The number of urea groups is 1. The summed E-state index contributed by atoms with van der Waals surface area (Å²) in [4.78, 5) is 15.2. The molecule has 1 aromatic rings. The summed E-state index contributed by atoms with van der Waals surface area (Å²) in [6, 6.07) is 4.08. The van der Waals surface area contributed by atoms with Crippen molar-refractivity contribution in [3.05, 3.63) is 22.4 Å². The quantitative estimate of drug-likeness (QED) is 0.898. The maximum Gasteiger partial charge on any atom is 0.317 e. The summed E-state index contributed by atoms with van der Waals surface area (Å²) in [6.07, 6.45) is 5.91. The third kappa shape index (κ3) is 5.19. The topological polar surface area (TPSA) is 50.8 Å². The molecule has 3 rings (SSSR count). The van der Waals surface area contributed by atoms with Crippen LogP contribution < -0.4 is 5.32 Å². The number of nitrogens with one attached hydrogen (secondary N) is 1. The Bertz CT molecular complexity index is 466. The summed E-state index contributed by atoms with van der Waals surface area (Å²) in [5.74, 6) is 0. The lowest BCUT2D eigenvalue weighted by molar-refractivity contribution is -0.0728. The first-order valence-electron chi connectivity index (χ1n) is 8.59. The Morgan fingerprint density at radius 1 is 1.35 bits per heavy atom. The number of thiophene rings is 1. The largest absolute Gasteiger partial charge is 0.376 e.